The molecule has 0 aliphatic carbocycles. The molecular formula is C8H10N2O3S. The minimum absolute atomic E-state index is 0.0911. The summed E-state index contributed by atoms with van der Waals surface area (Å²) < 4.78 is 0. The van der Waals surface area contributed by atoms with Gasteiger partial charge >= 0.3 is 5.97 Å². The summed E-state index contributed by atoms with van der Waals surface area (Å²) in [6, 6.07) is 0. The molecule has 0 saturated heterocycles. The normalized spacial score (nSPS) is 9.71. The average molecular weight is 214 g/mol. The molecule has 76 valence electrons. The Balaban J connectivity index is 2.36. The number of aromatic nitrogens is 1. The summed E-state index contributed by atoms with van der Waals surface area (Å²) in [6.45, 7) is 0.589. The highest BCUT2D eigenvalue weighted by Gasteiger charge is 2.07. The van der Waals surface area contributed by atoms with Crippen molar-refractivity contribution in [2.75, 3.05) is 6.54 Å². The fourth-order valence-electron chi connectivity index (χ4n) is 0.925. The van der Waals surface area contributed by atoms with Crippen LogP contribution in [0.5, 0.6) is 0 Å². The number of carbonyl (C=O) groups excluding carboxylic acids is 1. The highest BCUT2D eigenvalue weighted by Crippen LogP contribution is 2.11. The van der Waals surface area contributed by atoms with Gasteiger partial charge in [0.2, 0.25) is 6.41 Å². The molecule has 0 aliphatic heterocycles. The summed E-state index contributed by atoms with van der Waals surface area (Å²) in [7, 11) is 0. The Bertz CT molecular complexity index is 324. The van der Waals surface area contributed by atoms with Gasteiger partial charge in [0, 0.05) is 18.3 Å². The third kappa shape index (κ3) is 3.14. The number of rotatable bonds is 6. The van der Waals surface area contributed by atoms with E-state index in [1.165, 1.54) is 16.7 Å². The molecule has 1 aromatic rings. The summed E-state index contributed by atoms with van der Waals surface area (Å²) in [5.74, 6) is -1.00. The maximum atomic E-state index is 10.5. The van der Waals surface area contributed by atoms with Crippen LogP contribution in [0.25, 0.3) is 0 Å². The predicted molar refractivity (Wildman–Crippen MR) is 51.5 cm³/mol. The molecule has 0 atom stereocenters. The molecule has 1 rings (SSSR count). The van der Waals surface area contributed by atoms with E-state index in [-0.39, 0.29) is 5.69 Å². The fraction of sp³-hybridized carbons (Fsp3) is 0.375. The first-order chi connectivity index (χ1) is 6.74. The van der Waals surface area contributed by atoms with Crippen LogP contribution in [0.1, 0.15) is 21.9 Å². The second-order valence-electron chi connectivity index (χ2n) is 2.61. The summed E-state index contributed by atoms with van der Waals surface area (Å²) >= 11 is 1.33. The number of nitrogens with one attached hydrogen (secondary N) is 1. The topological polar surface area (TPSA) is 79.3 Å². The Morgan fingerprint density at radius 3 is 3.07 bits per heavy atom. The zero-order valence-corrected chi connectivity index (χ0v) is 8.21. The third-order valence-corrected chi connectivity index (χ3v) is 2.47. The van der Waals surface area contributed by atoms with E-state index in [9.17, 15) is 9.59 Å². The molecule has 0 aromatic carbocycles. The molecule has 14 heavy (non-hydrogen) atoms. The van der Waals surface area contributed by atoms with E-state index in [0.717, 1.165) is 11.4 Å². The van der Waals surface area contributed by atoms with Crippen molar-refractivity contribution >= 4 is 23.7 Å². The number of hydrogen-bond acceptors (Lipinski definition) is 4. The lowest BCUT2D eigenvalue weighted by atomic mass is 10.3. The van der Waals surface area contributed by atoms with Gasteiger partial charge in [0.05, 0.1) is 5.01 Å². The van der Waals surface area contributed by atoms with Gasteiger partial charge < -0.3 is 10.4 Å². The Morgan fingerprint density at radius 2 is 2.50 bits per heavy atom. The van der Waals surface area contributed by atoms with Crippen LogP contribution in [0.3, 0.4) is 0 Å². The van der Waals surface area contributed by atoms with E-state index in [4.69, 9.17) is 5.11 Å². The number of nitrogens with zero attached hydrogens (tertiary/aromatic N) is 1. The van der Waals surface area contributed by atoms with Gasteiger partial charge in [-0.05, 0) is 6.42 Å². The van der Waals surface area contributed by atoms with Crippen molar-refractivity contribution in [2.24, 2.45) is 0 Å². The summed E-state index contributed by atoms with van der Waals surface area (Å²) in [5.41, 5.74) is 0.0911. The van der Waals surface area contributed by atoms with Crippen LogP contribution in [0.2, 0.25) is 0 Å². The first kappa shape index (κ1) is 10.6. The van der Waals surface area contributed by atoms with Gasteiger partial charge in [-0.2, -0.15) is 0 Å². The third-order valence-electron chi connectivity index (χ3n) is 1.57. The Hall–Kier alpha value is -1.43. The van der Waals surface area contributed by atoms with E-state index in [0.29, 0.717) is 19.4 Å². The standard InChI is InChI=1S/C8H10N2O3S/c11-5-9-3-1-2-7-10-6(4-14-7)8(12)13/h4-5H,1-3H2,(H,9,11)(H,12,13). The number of thiazole rings is 1. The molecule has 0 fully saturated rings. The van der Waals surface area contributed by atoms with Crippen LogP contribution in [0.4, 0.5) is 0 Å². The predicted octanol–water partition coefficient (Wildman–Crippen LogP) is 0.520. The molecule has 1 amide bonds. The second-order valence-corrected chi connectivity index (χ2v) is 3.55. The van der Waals surface area contributed by atoms with Crippen LogP contribution in [0, 0.1) is 0 Å². The maximum absolute atomic E-state index is 10.5. The van der Waals surface area contributed by atoms with Crippen molar-refractivity contribution in [1.29, 1.82) is 0 Å². The van der Waals surface area contributed by atoms with Gasteiger partial charge in [-0.3, -0.25) is 4.79 Å². The molecule has 1 aromatic heterocycles. The largest absolute Gasteiger partial charge is 0.476 e. The molecule has 0 radical (unpaired) electrons. The molecule has 0 aliphatic rings. The van der Waals surface area contributed by atoms with Crippen LogP contribution < -0.4 is 5.32 Å². The van der Waals surface area contributed by atoms with Gasteiger partial charge in [0.15, 0.2) is 5.69 Å². The van der Waals surface area contributed by atoms with E-state index < -0.39 is 5.97 Å². The van der Waals surface area contributed by atoms with Gasteiger partial charge in [-0.1, -0.05) is 0 Å². The quantitative estimate of drug-likeness (QED) is 0.534. The molecule has 0 bridgehead atoms. The van der Waals surface area contributed by atoms with Gasteiger partial charge in [0.25, 0.3) is 0 Å². The number of amides is 1. The van der Waals surface area contributed by atoms with Gasteiger partial charge in [-0.15, -0.1) is 11.3 Å². The number of aryl methyl sites for hydroxylation is 1. The maximum Gasteiger partial charge on any atom is 0.355 e. The van der Waals surface area contributed by atoms with E-state index in [2.05, 4.69) is 10.3 Å². The Kier molecular flexibility index (Phi) is 4.06. The number of carboxylic acid groups (broad SMARTS) is 1. The Morgan fingerprint density at radius 1 is 1.71 bits per heavy atom. The monoisotopic (exact) mass is 214 g/mol. The van der Waals surface area contributed by atoms with Crippen molar-refractivity contribution < 1.29 is 14.7 Å². The minimum Gasteiger partial charge on any atom is -0.476 e. The Labute approximate surface area is 84.8 Å². The molecule has 6 heteroatoms. The van der Waals surface area contributed by atoms with Gasteiger partial charge in [-0.25, -0.2) is 9.78 Å². The van der Waals surface area contributed by atoms with E-state index in [1.54, 1.807) is 0 Å². The van der Waals surface area contributed by atoms with Crippen LogP contribution in [0.15, 0.2) is 5.38 Å². The van der Waals surface area contributed by atoms with Crippen molar-refractivity contribution in [3.63, 3.8) is 0 Å². The van der Waals surface area contributed by atoms with Crippen LogP contribution >= 0.6 is 11.3 Å². The number of carboxylic acids is 1. The minimum atomic E-state index is -1.00. The number of hydrogen-bond donors (Lipinski definition) is 2. The zero-order valence-electron chi connectivity index (χ0n) is 7.40. The zero-order chi connectivity index (χ0) is 10.4. The molecule has 2 N–H and O–H groups in total. The fourth-order valence-corrected chi connectivity index (χ4v) is 1.74. The SMILES string of the molecule is O=CNCCCc1nc(C(=O)O)cs1. The second kappa shape index (κ2) is 5.33. The first-order valence-electron chi connectivity index (χ1n) is 4.08. The average Bonchev–Trinajstić information content (AvgIpc) is 2.61. The van der Waals surface area contributed by atoms with Crippen molar-refractivity contribution in [3.05, 3.63) is 16.1 Å². The molecule has 0 unspecified atom stereocenters. The lowest BCUT2D eigenvalue weighted by Crippen LogP contribution is -2.12. The lowest BCUT2D eigenvalue weighted by Gasteiger charge is -1.95. The van der Waals surface area contributed by atoms with Crippen molar-refractivity contribution in [1.82, 2.24) is 10.3 Å². The van der Waals surface area contributed by atoms with E-state index in [1.807, 2.05) is 0 Å². The number of carbonyl (C=O) groups is 2. The van der Waals surface area contributed by atoms with Gasteiger partial charge in [0.1, 0.15) is 0 Å². The molecule has 0 saturated carbocycles. The first-order valence-corrected chi connectivity index (χ1v) is 4.96. The van der Waals surface area contributed by atoms with Crippen molar-refractivity contribution in [2.45, 2.75) is 12.8 Å². The highest BCUT2D eigenvalue weighted by atomic mass is 32.1. The van der Waals surface area contributed by atoms with Crippen LogP contribution in [-0.2, 0) is 11.2 Å². The summed E-state index contributed by atoms with van der Waals surface area (Å²) in [6.07, 6.45) is 2.11. The summed E-state index contributed by atoms with van der Waals surface area (Å²) in [4.78, 5) is 24.3. The van der Waals surface area contributed by atoms with Crippen LogP contribution in [-0.4, -0.2) is 29.0 Å². The molecular weight excluding hydrogens is 204 g/mol. The lowest BCUT2D eigenvalue weighted by molar-refractivity contribution is -0.109. The van der Waals surface area contributed by atoms with Crippen molar-refractivity contribution in [3.8, 4) is 0 Å². The van der Waals surface area contributed by atoms with E-state index >= 15 is 0 Å². The molecule has 0 spiro atoms. The number of aromatic carboxylic acids is 1. The molecule has 5 nitrogen and oxygen atoms in total. The summed E-state index contributed by atoms with van der Waals surface area (Å²) in [5, 5.41) is 13.4. The smallest absolute Gasteiger partial charge is 0.355 e. The highest BCUT2D eigenvalue weighted by molar-refractivity contribution is 7.09. The molecule has 1 heterocycles.